The van der Waals surface area contributed by atoms with Crippen LogP contribution >= 0.6 is 0 Å². The number of para-hydroxylation sites is 1. The predicted molar refractivity (Wildman–Crippen MR) is 101 cm³/mol. The van der Waals surface area contributed by atoms with Crippen molar-refractivity contribution in [2.75, 3.05) is 13.1 Å². The van der Waals surface area contributed by atoms with Crippen LogP contribution in [0.5, 0.6) is 5.75 Å². The standard InChI is InChI=1S/C20H19FN2O3S/c21-16-6-8-18(9-7-16)27(24,25)23-13-10-17(11-14-23)26-19-5-1-3-15-4-2-12-22-20(15)19/h1-9,12,17H,10-11,13-14H2. The molecule has 3 aromatic rings. The minimum absolute atomic E-state index is 0.0720. The second kappa shape index (κ2) is 7.25. The quantitative estimate of drug-likeness (QED) is 0.687. The van der Waals surface area contributed by atoms with Crippen LogP contribution in [0, 0.1) is 5.82 Å². The number of halogens is 1. The number of rotatable bonds is 4. The monoisotopic (exact) mass is 386 g/mol. The highest BCUT2D eigenvalue weighted by Gasteiger charge is 2.30. The minimum atomic E-state index is -3.61. The molecule has 7 heteroatoms. The van der Waals surface area contributed by atoms with E-state index in [1.807, 2.05) is 30.3 Å². The van der Waals surface area contributed by atoms with Gasteiger partial charge in [-0.3, -0.25) is 4.98 Å². The van der Waals surface area contributed by atoms with E-state index in [9.17, 15) is 12.8 Å². The van der Waals surface area contributed by atoms with Crippen molar-refractivity contribution in [1.29, 1.82) is 0 Å². The molecule has 1 fully saturated rings. The summed E-state index contributed by atoms with van der Waals surface area (Å²) in [5.41, 5.74) is 0.807. The van der Waals surface area contributed by atoms with Crippen LogP contribution < -0.4 is 4.74 Å². The molecule has 4 rings (SSSR count). The molecule has 1 saturated heterocycles. The third-order valence-corrected chi connectivity index (χ3v) is 6.65. The van der Waals surface area contributed by atoms with Crippen LogP contribution in [0.2, 0.25) is 0 Å². The van der Waals surface area contributed by atoms with Gasteiger partial charge in [0.2, 0.25) is 10.0 Å². The molecule has 0 bridgehead atoms. The summed E-state index contributed by atoms with van der Waals surface area (Å²) in [5, 5.41) is 1.01. The fourth-order valence-corrected chi connectivity index (χ4v) is 4.77. The summed E-state index contributed by atoms with van der Waals surface area (Å²) in [6.45, 7) is 0.727. The molecule has 0 amide bonds. The first-order valence-corrected chi connectivity index (χ1v) is 10.2. The average molecular weight is 386 g/mol. The van der Waals surface area contributed by atoms with E-state index in [0.29, 0.717) is 31.7 Å². The molecule has 0 N–H and O–H groups in total. The minimum Gasteiger partial charge on any atom is -0.488 e. The maximum Gasteiger partial charge on any atom is 0.243 e. The highest BCUT2D eigenvalue weighted by atomic mass is 32.2. The van der Waals surface area contributed by atoms with Gasteiger partial charge in [0.15, 0.2) is 0 Å². The average Bonchev–Trinajstić information content (AvgIpc) is 2.69. The molecule has 0 aliphatic carbocycles. The number of sulfonamides is 1. The summed E-state index contributed by atoms with van der Waals surface area (Å²) >= 11 is 0. The Kier molecular flexibility index (Phi) is 4.80. The van der Waals surface area contributed by atoms with Gasteiger partial charge in [-0.25, -0.2) is 12.8 Å². The molecule has 0 atom stereocenters. The van der Waals surface area contributed by atoms with Gasteiger partial charge in [0.05, 0.1) is 4.90 Å². The van der Waals surface area contributed by atoms with Crippen molar-refractivity contribution < 1.29 is 17.5 Å². The zero-order valence-electron chi connectivity index (χ0n) is 14.6. The molecule has 5 nitrogen and oxygen atoms in total. The zero-order chi connectivity index (χ0) is 18.9. The molecule has 2 aromatic carbocycles. The number of hydrogen-bond donors (Lipinski definition) is 0. The van der Waals surface area contributed by atoms with E-state index in [0.717, 1.165) is 23.0 Å². The Morgan fingerprint density at radius 2 is 1.70 bits per heavy atom. The summed E-state index contributed by atoms with van der Waals surface area (Å²) < 4.78 is 46.0. The zero-order valence-corrected chi connectivity index (χ0v) is 15.4. The number of fused-ring (bicyclic) bond motifs is 1. The normalized spacial score (nSPS) is 16.5. The Morgan fingerprint density at radius 1 is 1.00 bits per heavy atom. The topological polar surface area (TPSA) is 59.5 Å². The van der Waals surface area contributed by atoms with Crippen LogP contribution in [-0.2, 0) is 10.0 Å². The van der Waals surface area contributed by atoms with Gasteiger partial charge in [0, 0.05) is 24.7 Å². The molecule has 27 heavy (non-hydrogen) atoms. The Morgan fingerprint density at radius 3 is 2.44 bits per heavy atom. The molecular weight excluding hydrogens is 367 g/mol. The highest BCUT2D eigenvalue weighted by Crippen LogP contribution is 2.28. The first kappa shape index (κ1) is 17.9. The van der Waals surface area contributed by atoms with Crippen LogP contribution in [-0.4, -0.2) is 36.9 Å². The van der Waals surface area contributed by atoms with E-state index in [4.69, 9.17) is 4.74 Å². The number of hydrogen-bond acceptors (Lipinski definition) is 4. The Bertz CT molecular complexity index is 1040. The molecule has 140 valence electrons. The second-order valence-electron chi connectivity index (χ2n) is 6.51. The van der Waals surface area contributed by atoms with E-state index in [1.165, 1.54) is 16.4 Å². The highest BCUT2D eigenvalue weighted by molar-refractivity contribution is 7.89. The van der Waals surface area contributed by atoms with Gasteiger partial charge in [0.25, 0.3) is 0 Å². The van der Waals surface area contributed by atoms with Gasteiger partial charge in [-0.05, 0) is 49.2 Å². The first-order chi connectivity index (χ1) is 13.0. The van der Waals surface area contributed by atoms with Crippen molar-refractivity contribution in [3.63, 3.8) is 0 Å². The molecule has 2 heterocycles. The van der Waals surface area contributed by atoms with Crippen molar-refractivity contribution in [3.05, 3.63) is 66.6 Å². The van der Waals surface area contributed by atoms with Crippen molar-refractivity contribution in [3.8, 4) is 5.75 Å². The van der Waals surface area contributed by atoms with E-state index < -0.39 is 15.8 Å². The summed E-state index contributed by atoms with van der Waals surface area (Å²) in [6, 6.07) is 14.6. The third kappa shape index (κ3) is 3.65. The molecule has 0 spiro atoms. The van der Waals surface area contributed by atoms with E-state index in [2.05, 4.69) is 4.98 Å². The van der Waals surface area contributed by atoms with E-state index in [1.54, 1.807) is 6.20 Å². The molecule has 1 aliphatic heterocycles. The van der Waals surface area contributed by atoms with Gasteiger partial charge in [-0.2, -0.15) is 4.31 Å². The molecule has 0 radical (unpaired) electrons. The van der Waals surface area contributed by atoms with Crippen LogP contribution in [0.25, 0.3) is 10.9 Å². The summed E-state index contributed by atoms with van der Waals surface area (Å²) in [7, 11) is -3.61. The summed E-state index contributed by atoms with van der Waals surface area (Å²) in [4.78, 5) is 4.50. The smallest absolute Gasteiger partial charge is 0.243 e. The van der Waals surface area contributed by atoms with Crippen molar-refractivity contribution in [1.82, 2.24) is 9.29 Å². The van der Waals surface area contributed by atoms with Gasteiger partial charge in [-0.15, -0.1) is 0 Å². The lowest BCUT2D eigenvalue weighted by atomic mass is 10.1. The van der Waals surface area contributed by atoms with Gasteiger partial charge >= 0.3 is 0 Å². The number of nitrogens with zero attached hydrogens (tertiary/aromatic N) is 2. The van der Waals surface area contributed by atoms with E-state index in [-0.39, 0.29) is 11.0 Å². The molecular formula is C20H19FN2O3S. The summed E-state index contributed by atoms with van der Waals surface area (Å²) in [6.07, 6.45) is 2.83. The first-order valence-electron chi connectivity index (χ1n) is 8.80. The Hall–Kier alpha value is -2.51. The maximum absolute atomic E-state index is 13.1. The van der Waals surface area contributed by atoms with Gasteiger partial charge in [0.1, 0.15) is 23.2 Å². The number of pyridine rings is 1. The van der Waals surface area contributed by atoms with Gasteiger partial charge in [-0.1, -0.05) is 18.2 Å². The number of aromatic nitrogens is 1. The lowest BCUT2D eigenvalue weighted by Gasteiger charge is -2.31. The molecule has 0 unspecified atom stereocenters. The van der Waals surface area contributed by atoms with Crippen molar-refractivity contribution in [2.24, 2.45) is 0 Å². The van der Waals surface area contributed by atoms with Crippen LogP contribution in [0.15, 0.2) is 65.7 Å². The van der Waals surface area contributed by atoms with Crippen LogP contribution in [0.4, 0.5) is 4.39 Å². The number of benzene rings is 2. The molecule has 1 aliphatic rings. The lowest BCUT2D eigenvalue weighted by molar-refractivity contribution is 0.136. The largest absolute Gasteiger partial charge is 0.488 e. The molecule has 0 saturated carbocycles. The van der Waals surface area contributed by atoms with Crippen molar-refractivity contribution in [2.45, 2.75) is 23.8 Å². The van der Waals surface area contributed by atoms with Crippen LogP contribution in [0.1, 0.15) is 12.8 Å². The van der Waals surface area contributed by atoms with E-state index >= 15 is 0 Å². The lowest BCUT2D eigenvalue weighted by Crippen LogP contribution is -2.41. The number of piperidine rings is 1. The second-order valence-corrected chi connectivity index (χ2v) is 8.44. The fraction of sp³-hybridized carbons (Fsp3) is 0.250. The summed E-state index contributed by atoms with van der Waals surface area (Å²) in [5.74, 6) is 0.262. The molecule has 1 aromatic heterocycles. The number of ether oxygens (including phenoxy) is 1. The Labute approximate surface area is 157 Å². The Balaban J connectivity index is 1.45. The predicted octanol–water partition coefficient (Wildman–Crippen LogP) is 3.61. The van der Waals surface area contributed by atoms with Crippen molar-refractivity contribution >= 4 is 20.9 Å². The fourth-order valence-electron chi connectivity index (χ4n) is 3.30. The SMILES string of the molecule is O=S(=O)(c1ccc(F)cc1)N1CCC(Oc2cccc3cccnc23)CC1. The van der Waals surface area contributed by atoms with Gasteiger partial charge < -0.3 is 4.74 Å². The van der Waals surface area contributed by atoms with Crippen LogP contribution in [0.3, 0.4) is 0 Å². The third-order valence-electron chi connectivity index (χ3n) is 4.74. The maximum atomic E-state index is 13.1.